The van der Waals surface area contributed by atoms with E-state index in [0.29, 0.717) is 23.5 Å². The van der Waals surface area contributed by atoms with E-state index >= 15 is 0 Å². The largest absolute Gasteiger partial charge is 0.440 e. The molecule has 6 heteroatoms. The number of ketones is 1. The normalized spacial score (nSPS) is 22.7. The smallest absolute Gasteiger partial charge is 0.415 e. The third-order valence-corrected chi connectivity index (χ3v) is 7.66. The second-order valence-electron chi connectivity index (χ2n) is 10.2. The second-order valence-corrected chi connectivity index (χ2v) is 10.2. The zero-order chi connectivity index (χ0) is 25.1. The first-order valence-corrected chi connectivity index (χ1v) is 12.6. The number of piperidine rings is 3. The van der Waals surface area contributed by atoms with E-state index in [1.165, 1.54) is 12.1 Å². The van der Waals surface area contributed by atoms with Gasteiger partial charge in [0.15, 0.2) is 6.10 Å². The number of anilines is 1. The van der Waals surface area contributed by atoms with E-state index in [1.807, 2.05) is 61.5 Å². The van der Waals surface area contributed by atoms with Gasteiger partial charge >= 0.3 is 6.09 Å². The maximum atomic E-state index is 13.6. The van der Waals surface area contributed by atoms with Gasteiger partial charge in [-0.2, -0.15) is 0 Å². The van der Waals surface area contributed by atoms with Gasteiger partial charge in [-0.15, -0.1) is 0 Å². The molecule has 6 rings (SSSR count). The second kappa shape index (κ2) is 10.2. The topological polar surface area (TPSA) is 46.6 Å². The highest BCUT2D eigenvalue weighted by atomic mass is 19.1. The number of halogens is 1. The van der Waals surface area contributed by atoms with Gasteiger partial charge in [0.1, 0.15) is 18.9 Å². The number of benzene rings is 3. The highest BCUT2D eigenvalue weighted by Crippen LogP contribution is 2.36. The van der Waals surface area contributed by atoms with Crippen molar-refractivity contribution in [1.82, 2.24) is 0 Å². The molecule has 3 aromatic rings. The first-order chi connectivity index (χ1) is 17.4. The average Bonchev–Trinajstić information content (AvgIpc) is 2.89. The van der Waals surface area contributed by atoms with E-state index in [2.05, 4.69) is 0 Å². The fraction of sp³-hybridized carbons (Fsp3) is 0.333. The lowest BCUT2D eigenvalue weighted by Gasteiger charge is -2.51. The molecular formula is C30H32FN2O3+. The van der Waals surface area contributed by atoms with Crippen molar-refractivity contribution in [3.8, 4) is 0 Å². The Kier molecular flexibility index (Phi) is 6.88. The minimum Gasteiger partial charge on any atom is -0.440 e. The standard InChI is InChI=1S/C30H32FN2O3/c1-22-6-5-9-27(18-22)32(19-23-10-12-26(31)13-11-23)30(35)36-29-21-33(16-14-25(29)15-17-33)20-28(34)24-7-3-2-4-8-24/h2-13,18,25,29H,14-17,19-21H2,1H3/q+1. The number of carbonyl (C=O) groups is 2. The van der Waals surface area contributed by atoms with E-state index in [1.54, 1.807) is 17.0 Å². The van der Waals surface area contributed by atoms with Crippen molar-refractivity contribution in [3.05, 3.63) is 101 Å². The number of Topliss-reactive ketones (excluding diaryl/α,β-unsaturated/α-hetero) is 1. The Morgan fingerprint density at radius 2 is 1.69 bits per heavy atom. The van der Waals surface area contributed by atoms with Crippen molar-refractivity contribution < 1.29 is 23.2 Å². The third-order valence-electron chi connectivity index (χ3n) is 7.66. The molecule has 0 radical (unpaired) electrons. The predicted octanol–water partition coefficient (Wildman–Crippen LogP) is 5.77. The lowest BCUT2D eigenvalue weighted by atomic mass is 9.83. The zero-order valence-electron chi connectivity index (χ0n) is 20.6. The van der Waals surface area contributed by atoms with Crippen LogP contribution < -0.4 is 4.90 Å². The lowest BCUT2D eigenvalue weighted by Crippen LogP contribution is -2.66. The number of nitrogens with zero attached hydrogens (tertiary/aromatic N) is 2. The zero-order valence-corrected chi connectivity index (χ0v) is 20.6. The van der Waals surface area contributed by atoms with Crippen LogP contribution >= 0.6 is 0 Å². The van der Waals surface area contributed by atoms with Crippen LogP contribution in [-0.2, 0) is 11.3 Å². The highest BCUT2D eigenvalue weighted by Gasteiger charge is 2.48. The number of hydrogen-bond acceptors (Lipinski definition) is 3. The number of ether oxygens (including phenoxy) is 1. The van der Waals surface area contributed by atoms with E-state index in [-0.39, 0.29) is 24.2 Å². The summed E-state index contributed by atoms with van der Waals surface area (Å²) in [6, 6.07) is 23.3. The molecule has 0 saturated carbocycles. The highest BCUT2D eigenvalue weighted by molar-refractivity contribution is 5.97. The van der Waals surface area contributed by atoms with Crippen molar-refractivity contribution in [2.45, 2.75) is 32.4 Å². The first-order valence-electron chi connectivity index (χ1n) is 12.6. The molecule has 0 N–H and O–H groups in total. The van der Waals surface area contributed by atoms with Crippen LogP contribution in [0.5, 0.6) is 0 Å². The molecule has 3 heterocycles. The number of amides is 1. The van der Waals surface area contributed by atoms with Crippen LogP contribution in [0.3, 0.4) is 0 Å². The minimum absolute atomic E-state index is 0.138. The monoisotopic (exact) mass is 487 g/mol. The summed E-state index contributed by atoms with van der Waals surface area (Å²) in [5, 5.41) is 0. The summed E-state index contributed by atoms with van der Waals surface area (Å²) in [5.41, 5.74) is 3.34. The Labute approximate surface area is 211 Å². The van der Waals surface area contributed by atoms with Crippen LogP contribution in [0.25, 0.3) is 0 Å². The van der Waals surface area contributed by atoms with Crippen molar-refractivity contribution in [1.29, 1.82) is 0 Å². The SMILES string of the molecule is Cc1cccc(N(Cc2ccc(F)cc2)C(=O)OC2C[N+]3(CC(=O)c4ccccc4)CCC2CC3)c1. The van der Waals surface area contributed by atoms with Gasteiger partial charge in [0, 0.05) is 30.0 Å². The van der Waals surface area contributed by atoms with Crippen LogP contribution in [0, 0.1) is 18.7 Å². The number of quaternary nitrogens is 1. The number of rotatable bonds is 7. The summed E-state index contributed by atoms with van der Waals surface area (Å²) in [7, 11) is 0. The number of aryl methyl sites for hydroxylation is 1. The summed E-state index contributed by atoms with van der Waals surface area (Å²) >= 11 is 0. The molecule has 3 fully saturated rings. The van der Waals surface area contributed by atoms with E-state index in [4.69, 9.17) is 4.74 Å². The Hall–Kier alpha value is -3.51. The van der Waals surface area contributed by atoms with Gasteiger partial charge < -0.3 is 9.22 Å². The molecule has 0 aliphatic carbocycles. The van der Waals surface area contributed by atoms with E-state index < -0.39 is 6.09 Å². The predicted molar refractivity (Wildman–Crippen MR) is 137 cm³/mol. The van der Waals surface area contributed by atoms with Crippen LogP contribution in [0.1, 0.15) is 34.3 Å². The molecule has 0 spiro atoms. The summed E-state index contributed by atoms with van der Waals surface area (Å²) in [6.07, 6.45) is 1.26. The van der Waals surface area contributed by atoms with Gasteiger partial charge in [0.05, 0.1) is 19.6 Å². The lowest BCUT2D eigenvalue weighted by molar-refractivity contribution is -0.938. The van der Waals surface area contributed by atoms with E-state index in [0.717, 1.165) is 48.3 Å². The first kappa shape index (κ1) is 24.2. The Morgan fingerprint density at radius 3 is 2.39 bits per heavy atom. The molecule has 36 heavy (non-hydrogen) atoms. The molecule has 186 valence electrons. The van der Waals surface area contributed by atoms with Gasteiger partial charge in [0.2, 0.25) is 5.78 Å². The van der Waals surface area contributed by atoms with Crippen LogP contribution in [0.4, 0.5) is 14.9 Å². The molecule has 1 atom stereocenters. The summed E-state index contributed by atoms with van der Waals surface area (Å²) in [5.74, 6) is 0.138. The Morgan fingerprint density at radius 1 is 0.972 bits per heavy atom. The van der Waals surface area contributed by atoms with Crippen molar-refractivity contribution >= 4 is 17.6 Å². The molecule has 2 bridgehead atoms. The third kappa shape index (κ3) is 5.34. The molecule has 5 nitrogen and oxygen atoms in total. The minimum atomic E-state index is -0.406. The van der Waals surface area contributed by atoms with Crippen molar-refractivity contribution in [2.24, 2.45) is 5.92 Å². The van der Waals surface area contributed by atoms with Crippen molar-refractivity contribution in [2.75, 3.05) is 31.1 Å². The number of fused-ring (bicyclic) bond motifs is 3. The number of hydrogen-bond donors (Lipinski definition) is 0. The van der Waals surface area contributed by atoms with Crippen LogP contribution in [-0.4, -0.2) is 48.6 Å². The van der Waals surface area contributed by atoms with Gasteiger partial charge in [-0.1, -0.05) is 54.6 Å². The molecule has 1 amide bonds. The average molecular weight is 488 g/mol. The molecule has 3 saturated heterocycles. The molecule has 3 aromatic carbocycles. The van der Waals surface area contributed by atoms with Gasteiger partial charge in [0.25, 0.3) is 0 Å². The van der Waals surface area contributed by atoms with Crippen molar-refractivity contribution in [3.63, 3.8) is 0 Å². The van der Waals surface area contributed by atoms with Gasteiger partial charge in [-0.3, -0.25) is 9.69 Å². The van der Waals surface area contributed by atoms with Crippen LogP contribution in [0.2, 0.25) is 0 Å². The molecular weight excluding hydrogens is 455 g/mol. The summed E-state index contributed by atoms with van der Waals surface area (Å²) < 4.78 is 20.3. The molecule has 3 aliphatic heterocycles. The fourth-order valence-corrected chi connectivity index (χ4v) is 5.62. The van der Waals surface area contributed by atoms with E-state index in [9.17, 15) is 14.0 Å². The molecule has 1 unspecified atom stereocenters. The molecule has 3 aliphatic rings. The molecule has 0 aromatic heterocycles. The summed E-state index contributed by atoms with van der Waals surface area (Å²) in [4.78, 5) is 28.2. The van der Waals surface area contributed by atoms with Gasteiger partial charge in [-0.25, -0.2) is 9.18 Å². The Balaban J connectivity index is 1.33. The van der Waals surface area contributed by atoms with Gasteiger partial charge in [-0.05, 0) is 42.3 Å². The number of carbonyl (C=O) groups excluding carboxylic acids is 2. The fourth-order valence-electron chi connectivity index (χ4n) is 5.62. The maximum Gasteiger partial charge on any atom is 0.415 e. The van der Waals surface area contributed by atoms with Crippen LogP contribution in [0.15, 0.2) is 78.9 Å². The quantitative estimate of drug-likeness (QED) is 0.314. The maximum absolute atomic E-state index is 13.6. The Bertz CT molecular complexity index is 1220. The summed E-state index contributed by atoms with van der Waals surface area (Å²) in [6.45, 7) is 5.24.